The number of rotatable bonds is 5. The highest BCUT2D eigenvalue weighted by atomic mass is 16.4. The number of nitrogens with zero attached hydrogens (tertiary/aromatic N) is 3. The molecular weight excluding hydrogens is 284 g/mol. The number of benzene rings is 1. The summed E-state index contributed by atoms with van der Waals surface area (Å²) in [4.78, 5) is 15.9. The second kappa shape index (κ2) is 6.23. The van der Waals surface area contributed by atoms with Gasteiger partial charge in [0.15, 0.2) is 0 Å². The van der Waals surface area contributed by atoms with Crippen LogP contribution in [0.3, 0.4) is 0 Å². The number of aromatic nitrogens is 3. The summed E-state index contributed by atoms with van der Waals surface area (Å²) in [7, 11) is 0. The standard InChI is InChI=1S/C15H14N4O3/c20-13(14-2-1-7-22-14)8-17-15(21)11-3-5-12(6-4-11)19-10-16-9-18-19/h1-7,9-10,13,20H,8H2,(H,17,21). The maximum atomic E-state index is 12.0. The van der Waals surface area contributed by atoms with E-state index in [1.807, 2.05) is 0 Å². The predicted octanol–water partition coefficient (Wildman–Crippen LogP) is 1.32. The Morgan fingerprint density at radius 2 is 2.14 bits per heavy atom. The molecule has 7 nitrogen and oxygen atoms in total. The Kier molecular flexibility index (Phi) is 3.97. The van der Waals surface area contributed by atoms with Gasteiger partial charge < -0.3 is 14.8 Å². The molecule has 112 valence electrons. The summed E-state index contributed by atoms with van der Waals surface area (Å²) in [5.41, 5.74) is 1.31. The van der Waals surface area contributed by atoms with E-state index in [1.165, 1.54) is 12.6 Å². The molecule has 1 atom stereocenters. The predicted molar refractivity (Wildman–Crippen MR) is 77.4 cm³/mol. The average molecular weight is 298 g/mol. The minimum Gasteiger partial charge on any atom is -0.467 e. The van der Waals surface area contributed by atoms with E-state index in [0.29, 0.717) is 11.3 Å². The fourth-order valence-electron chi connectivity index (χ4n) is 1.98. The van der Waals surface area contributed by atoms with Gasteiger partial charge in [-0.15, -0.1) is 0 Å². The molecule has 2 N–H and O–H groups in total. The van der Waals surface area contributed by atoms with Crippen molar-refractivity contribution >= 4 is 5.91 Å². The molecule has 0 aliphatic rings. The Balaban J connectivity index is 1.60. The fourth-order valence-corrected chi connectivity index (χ4v) is 1.98. The maximum absolute atomic E-state index is 12.0. The van der Waals surface area contributed by atoms with Crippen LogP contribution in [0.4, 0.5) is 0 Å². The Morgan fingerprint density at radius 3 is 2.77 bits per heavy atom. The number of carbonyl (C=O) groups excluding carboxylic acids is 1. The molecule has 3 aromatic rings. The number of furan rings is 1. The van der Waals surface area contributed by atoms with Crippen molar-refractivity contribution in [2.75, 3.05) is 6.54 Å². The number of hydrogen-bond acceptors (Lipinski definition) is 5. The van der Waals surface area contributed by atoms with E-state index >= 15 is 0 Å². The maximum Gasteiger partial charge on any atom is 0.251 e. The van der Waals surface area contributed by atoms with Crippen molar-refractivity contribution in [1.82, 2.24) is 20.1 Å². The monoisotopic (exact) mass is 298 g/mol. The lowest BCUT2D eigenvalue weighted by Gasteiger charge is -2.10. The van der Waals surface area contributed by atoms with Crippen LogP contribution in [0.2, 0.25) is 0 Å². The largest absolute Gasteiger partial charge is 0.467 e. The summed E-state index contributed by atoms with van der Waals surface area (Å²) in [6.07, 6.45) is 3.63. The summed E-state index contributed by atoms with van der Waals surface area (Å²) < 4.78 is 6.67. The molecule has 0 aliphatic carbocycles. The summed E-state index contributed by atoms with van der Waals surface area (Å²) in [6, 6.07) is 10.3. The Bertz CT molecular complexity index is 721. The third-order valence-electron chi connectivity index (χ3n) is 3.14. The SMILES string of the molecule is O=C(NCC(O)c1ccco1)c1ccc(-n2cncn2)cc1. The van der Waals surface area contributed by atoms with Gasteiger partial charge in [-0.05, 0) is 36.4 Å². The van der Waals surface area contributed by atoms with Gasteiger partial charge in [-0.3, -0.25) is 4.79 Å². The van der Waals surface area contributed by atoms with Crippen LogP contribution in [0.1, 0.15) is 22.2 Å². The number of hydrogen-bond donors (Lipinski definition) is 2. The molecule has 0 radical (unpaired) electrons. The zero-order chi connectivity index (χ0) is 15.4. The first kappa shape index (κ1) is 14.0. The smallest absolute Gasteiger partial charge is 0.251 e. The molecule has 0 spiro atoms. The minimum absolute atomic E-state index is 0.0805. The molecular formula is C15H14N4O3. The number of amides is 1. The normalized spacial score (nSPS) is 12.0. The van der Waals surface area contributed by atoms with E-state index in [-0.39, 0.29) is 12.5 Å². The van der Waals surface area contributed by atoms with Crippen molar-refractivity contribution in [3.63, 3.8) is 0 Å². The first-order valence-corrected chi connectivity index (χ1v) is 6.69. The molecule has 2 heterocycles. The highest BCUT2D eigenvalue weighted by molar-refractivity contribution is 5.94. The molecule has 0 saturated carbocycles. The van der Waals surface area contributed by atoms with Gasteiger partial charge in [-0.1, -0.05) is 0 Å². The van der Waals surface area contributed by atoms with Crippen molar-refractivity contribution in [3.8, 4) is 5.69 Å². The van der Waals surface area contributed by atoms with E-state index in [4.69, 9.17) is 4.42 Å². The molecule has 0 saturated heterocycles. The first-order valence-electron chi connectivity index (χ1n) is 6.69. The number of aliphatic hydroxyl groups is 1. The molecule has 0 fully saturated rings. The van der Waals surface area contributed by atoms with Crippen LogP contribution in [0.15, 0.2) is 59.7 Å². The average Bonchev–Trinajstić information content (AvgIpc) is 3.25. The zero-order valence-corrected chi connectivity index (χ0v) is 11.6. The summed E-state index contributed by atoms with van der Waals surface area (Å²) in [5, 5.41) is 16.5. The summed E-state index contributed by atoms with van der Waals surface area (Å²) in [5.74, 6) is 0.151. The lowest BCUT2D eigenvalue weighted by atomic mass is 10.2. The van der Waals surface area contributed by atoms with Gasteiger partial charge in [0.25, 0.3) is 5.91 Å². The van der Waals surface area contributed by atoms with Crippen molar-refractivity contribution in [2.24, 2.45) is 0 Å². The number of nitrogens with one attached hydrogen (secondary N) is 1. The molecule has 3 rings (SSSR count). The van der Waals surface area contributed by atoms with Gasteiger partial charge in [0.1, 0.15) is 24.5 Å². The number of carbonyl (C=O) groups is 1. The van der Waals surface area contributed by atoms with E-state index in [0.717, 1.165) is 5.69 Å². The molecule has 22 heavy (non-hydrogen) atoms. The topological polar surface area (TPSA) is 93.2 Å². The van der Waals surface area contributed by atoms with Crippen LogP contribution < -0.4 is 5.32 Å². The molecule has 7 heteroatoms. The van der Waals surface area contributed by atoms with Crippen LogP contribution in [0, 0.1) is 0 Å². The van der Waals surface area contributed by atoms with Crippen molar-refractivity contribution in [1.29, 1.82) is 0 Å². The van der Waals surface area contributed by atoms with Crippen LogP contribution in [-0.2, 0) is 0 Å². The first-order chi connectivity index (χ1) is 10.7. The third kappa shape index (κ3) is 3.04. The van der Waals surface area contributed by atoms with Gasteiger partial charge in [0, 0.05) is 5.56 Å². The lowest BCUT2D eigenvalue weighted by Crippen LogP contribution is -2.28. The molecule has 2 aromatic heterocycles. The molecule has 1 unspecified atom stereocenters. The van der Waals surface area contributed by atoms with Gasteiger partial charge in [-0.25, -0.2) is 9.67 Å². The quantitative estimate of drug-likeness (QED) is 0.741. The van der Waals surface area contributed by atoms with E-state index < -0.39 is 6.10 Å². The van der Waals surface area contributed by atoms with Gasteiger partial charge in [-0.2, -0.15) is 5.10 Å². The number of aliphatic hydroxyl groups excluding tert-OH is 1. The van der Waals surface area contributed by atoms with Crippen LogP contribution in [0.25, 0.3) is 5.69 Å². The Hall–Kier alpha value is -2.93. The van der Waals surface area contributed by atoms with Crippen LogP contribution >= 0.6 is 0 Å². The van der Waals surface area contributed by atoms with Gasteiger partial charge in [0.05, 0.1) is 18.5 Å². The molecule has 1 amide bonds. The van der Waals surface area contributed by atoms with Crippen LogP contribution in [-0.4, -0.2) is 32.3 Å². The van der Waals surface area contributed by atoms with Crippen molar-refractivity contribution in [3.05, 3.63) is 66.6 Å². The van der Waals surface area contributed by atoms with Gasteiger partial charge in [0.2, 0.25) is 0 Å². The van der Waals surface area contributed by atoms with E-state index in [9.17, 15) is 9.90 Å². The summed E-state index contributed by atoms with van der Waals surface area (Å²) >= 11 is 0. The van der Waals surface area contributed by atoms with Gasteiger partial charge >= 0.3 is 0 Å². The Morgan fingerprint density at radius 1 is 1.32 bits per heavy atom. The van der Waals surface area contributed by atoms with Crippen molar-refractivity contribution < 1.29 is 14.3 Å². The molecule has 0 bridgehead atoms. The molecule has 1 aromatic carbocycles. The highest BCUT2D eigenvalue weighted by Gasteiger charge is 2.13. The zero-order valence-electron chi connectivity index (χ0n) is 11.6. The van der Waals surface area contributed by atoms with E-state index in [2.05, 4.69) is 15.4 Å². The minimum atomic E-state index is -0.867. The van der Waals surface area contributed by atoms with Crippen LogP contribution in [0.5, 0.6) is 0 Å². The fraction of sp³-hybridized carbons (Fsp3) is 0.133. The second-order valence-electron chi connectivity index (χ2n) is 4.63. The second-order valence-corrected chi connectivity index (χ2v) is 4.63. The summed E-state index contributed by atoms with van der Waals surface area (Å²) in [6.45, 7) is 0.0805. The van der Waals surface area contributed by atoms with Crippen molar-refractivity contribution in [2.45, 2.75) is 6.10 Å². The Labute approximate surface area is 126 Å². The highest BCUT2D eigenvalue weighted by Crippen LogP contribution is 2.12. The molecule has 0 aliphatic heterocycles. The lowest BCUT2D eigenvalue weighted by molar-refractivity contribution is 0.0901. The third-order valence-corrected chi connectivity index (χ3v) is 3.14. The van der Waals surface area contributed by atoms with E-state index in [1.54, 1.807) is 47.4 Å².